The Morgan fingerprint density at radius 3 is 2.13 bits per heavy atom. The Kier molecular flexibility index (Phi) is 10.1. The van der Waals surface area contributed by atoms with Gasteiger partial charge in [0.2, 0.25) is 11.8 Å². The van der Waals surface area contributed by atoms with E-state index in [0.29, 0.717) is 12.4 Å². The van der Waals surface area contributed by atoms with E-state index in [4.69, 9.17) is 4.74 Å². The molecule has 1 unspecified atom stereocenters. The molecule has 2 amide bonds. The van der Waals surface area contributed by atoms with Crippen LogP contribution < -0.4 is 14.4 Å². The Hall–Kier alpha value is -3.85. The van der Waals surface area contributed by atoms with E-state index in [1.807, 2.05) is 45.0 Å². The normalized spacial score (nSPS) is 12.1. The Balaban J connectivity index is 2.06. The topological polar surface area (TPSA) is 96.0 Å². The molecule has 0 heterocycles. The zero-order valence-corrected chi connectivity index (χ0v) is 23.9. The molecule has 3 aromatic carbocycles. The summed E-state index contributed by atoms with van der Waals surface area (Å²) >= 11 is 0. The van der Waals surface area contributed by atoms with E-state index in [-0.39, 0.29) is 29.1 Å². The number of hydrogen-bond acceptors (Lipinski definition) is 5. The van der Waals surface area contributed by atoms with Crippen LogP contribution in [0.3, 0.4) is 0 Å². The molecule has 8 nitrogen and oxygen atoms in total. The number of para-hydroxylation sites is 2. The maximum atomic E-state index is 14.0. The SMILES string of the molecule is CCOc1ccccc1N(CC(=O)N(Cc1ccc(C)cc1)C(C)C(=O)NC(C)C)S(=O)(=O)c1ccccc1. The summed E-state index contributed by atoms with van der Waals surface area (Å²) in [6.07, 6.45) is 0. The van der Waals surface area contributed by atoms with Gasteiger partial charge in [0.05, 0.1) is 17.2 Å². The molecule has 39 heavy (non-hydrogen) atoms. The molecule has 0 saturated heterocycles. The van der Waals surface area contributed by atoms with E-state index >= 15 is 0 Å². The van der Waals surface area contributed by atoms with Crippen molar-refractivity contribution in [2.75, 3.05) is 17.5 Å². The fraction of sp³-hybridized carbons (Fsp3) is 0.333. The van der Waals surface area contributed by atoms with Gasteiger partial charge in [0.15, 0.2) is 0 Å². The zero-order chi connectivity index (χ0) is 28.6. The molecule has 0 spiro atoms. The molecule has 3 aromatic rings. The highest BCUT2D eigenvalue weighted by atomic mass is 32.2. The van der Waals surface area contributed by atoms with Gasteiger partial charge >= 0.3 is 0 Å². The minimum atomic E-state index is -4.16. The third-order valence-corrected chi connectivity index (χ3v) is 7.89. The number of hydrogen-bond donors (Lipinski definition) is 1. The monoisotopic (exact) mass is 551 g/mol. The summed E-state index contributed by atoms with van der Waals surface area (Å²) in [5.74, 6) is -0.506. The van der Waals surface area contributed by atoms with Crippen molar-refractivity contribution in [3.05, 3.63) is 90.0 Å². The van der Waals surface area contributed by atoms with Gasteiger partial charge in [-0.05, 0) is 64.4 Å². The van der Waals surface area contributed by atoms with Crippen LogP contribution in [0, 0.1) is 6.92 Å². The van der Waals surface area contributed by atoms with Gasteiger partial charge in [0.1, 0.15) is 18.3 Å². The van der Waals surface area contributed by atoms with Crippen LogP contribution in [0.1, 0.15) is 38.8 Å². The highest BCUT2D eigenvalue weighted by molar-refractivity contribution is 7.92. The van der Waals surface area contributed by atoms with Crippen molar-refractivity contribution in [1.82, 2.24) is 10.2 Å². The average molecular weight is 552 g/mol. The molecule has 0 aliphatic heterocycles. The number of aryl methyl sites for hydroxylation is 1. The van der Waals surface area contributed by atoms with Crippen LogP contribution in [-0.4, -0.2) is 50.4 Å². The second-order valence-electron chi connectivity index (χ2n) is 9.57. The number of carbonyl (C=O) groups is 2. The molecule has 0 aromatic heterocycles. The summed E-state index contributed by atoms with van der Waals surface area (Å²) < 4.78 is 34.6. The van der Waals surface area contributed by atoms with Gasteiger partial charge in [0, 0.05) is 12.6 Å². The van der Waals surface area contributed by atoms with Crippen molar-refractivity contribution in [3.8, 4) is 5.75 Å². The number of anilines is 1. The predicted molar refractivity (Wildman–Crippen MR) is 153 cm³/mol. The largest absolute Gasteiger partial charge is 0.492 e. The second-order valence-corrected chi connectivity index (χ2v) is 11.4. The number of rotatable bonds is 12. The van der Waals surface area contributed by atoms with Crippen LogP contribution in [0.2, 0.25) is 0 Å². The summed E-state index contributed by atoms with van der Waals surface area (Å²) in [4.78, 5) is 28.4. The van der Waals surface area contributed by atoms with Crippen LogP contribution in [0.4, 0.5) is 5.69 Å². The molecule has 3 rings (SSSR count). The van der Waals surface area contributed by atoms with Crippen LogP contribution in [0.15, 0.2) is 83.8 Å². The Morgan fingerprint density at radius 1 is 0.897 bits per heavy atom. The van der Waals surface area contributed by atoms with Gasteiger partial charge in [-0.3, -0.25) is 13.9 Å². The lowest BCUT2D eigenvalue weighted by Gasteiger charge is -2.32. The lowest BCUT2D eigenvalue weighted by atomic mass is 10.1. The molecule has 1 N–H and O–H groups in total. The van der Waals surface area contributed by atoms with Crippen LogP contribution >= 0.6 is 0 Å². The summed E-state index contributed by atoms with van der Waals surface area (Å²) in [6, 6.07) is 21.3. The molecule has 0 aliphatic carbocycles. The third kappa shape index (κ3) is 7.60. The molecule has 0 radical (unpaired) electrons. The van der Waals surface area contributed by atoms with Crippen LogP contribution in [0.25, 0.3) is 0 Å². The van der Waals surface area contributed by atoms with Crippen molar-refractivity contribution in [3.63, 3.8) is 0 Å². The average Bonchev–Trinajstić information content (AvgIpc) is 2.91. The van der Waals surface area contributed by atoms with Gasteiger partial charge < -0.3 is 15.0 Å². The predicted octanol–water partition coefficient (Wildman–Crippen LogP) is 4.53. The Bertz CT molecular complexity index is 1360. The fourth-order valence-corrected chi connectivity index (χ4v) is 5.50. The molecular weight excluding hydrogens is 514 g/mol. The van der Waals surface area contributed by atoms with E-state index in [9.17, 15) is 18.0 Å². The van der Waals surface area contributed by atoms with Crippen molar-refractivity contribution >= 4 is 27.5 Å². The number of amides is 2. The molecule has 0 fully saturated rings. The zero-order valence-electron chi connectivity index (χ0n) is 23.1. The van der Waals surface area contributed by atoms with Gasteiger partial charge in [-0.25, -0.2) is 8.42 Å². The first-order valence-corrected chi connectivity index (χ1v) is 14.4. The van der Waals surface area contributed by atoms with E-state index in [1.165, 1.54) is 17.0 Å². The highest BCUT2D eigenvalue weighted by Crippen LogP contribution is 2.32. The third-order valence-electron chi connectivity index (χ3n) is 6.12. The number of benzene rings is 3. The van der Waals surface area contributed by atoms with Gasteiger partial charge in [0.25, 0.3) is 10.0 Å². The quantitative estimate of drug-likeness (QED) is 0.357. The summed E-state index contributed by atoms with van der Waals surface area (Å²) in [6.45, 7) is 9.03. The first-order chi connectivity index (χ1) is 18.5. The molecule has 9 heteroatoms. The summed E-state index contributed by atoms with van der Waals surface area (Å²) in [5, 5.41) is 2.86. The summed E-state index contributed by atoms with van der Waals surface area (Å²) in [7, 11) is -4.16. The van der Waals surface area contributed by atoms with Crippen molar-refractivity contribution in [1.29, 1.82) is 0 Å². The number of nitrogens with zero attached hydrogens (tertiary/aromatic N) is 2. The van der Waals surface area contributed by atoms with Crippen molar-refractivity contribution < 1.29 is 22.7 Å². The number of ether oxygens (including phenoxy) is 1. The van der Waals surface area contributed by atoms with Crippen molar-refractivity contribution in [2.24, 2.45) is 0 Å². The molecule has 208 valence electrons. The van der Waals surface area contributed by atoms with Gasteiger partial charge in [-0.1, -0.05) is 60.2 Å². The second kappa shape index (κ2) is 13.3. The maximum absolute atomic E-state index is 14.0. The lowest BCUT2D eigenvalue weighted by Crippen LogP contribution is -2.52. The van der Waals surface area contributed by atoms with E-state index in [0.717, 1.165) is 15.4 Å². The highest BCUT2D eigenvalue weighted by Gasteiger charge is 2.33. The summed E-state index contributed by atoms with van der Waals surface area (Å²) in [5.41, 5.74) is 2.13. The maximum Gasteiger partial charge on any atom is 0.264 e. The first kappa shape index (κ1) is 29.7. The van der Waals surface area contributed by atoms with E-state index in [2.05, 4.69) is 5.32 Å². The van der Waals surface area contributed by atoms with E-state index < -0.39 is 28.5 Å². The Morgan fingerprint density at radius 2 is 1.51 bits per heavy atom. The number of sulfonamides is 1. The van der Waals surface area contributed by atoms with Crippen molar-refractivity contribution in [2.45, 2.75) is 58.1 Å². The number of carbonyl (C=O) groups excluding carboxylic acids is 2. The van der Waals surface area contributed by atoms with Gasteiger partial charge in [-0.15, -0.1) is 0 Å². The van der Waals surface area contributed by atoms with Crippen LogP contribution in [0.5, 0.6) is 5.75 Å². The minimum Gasteiger partial charge on any atom is -0.492 e. The lowest BCUT2D eigenvalue weighted by molar-refractivity contribution is -0.139. The molecular formula is C30H37N3O5S. The van der Waals surface area contributed by atoms with Gasteiger partial charge in [-0.2, -0.15) is 0 Å². The molecule has 0 saturated carbocycles. The van der Waals surface area contributed by atoms with Crippen LogP contribution in [-0.2, 0) is 26.2 Å². The molecule has 0 bridgehead atoms. The molecule has 0 aliphatic rings. The molecule has 1 atom stereocenters. The smallest absolute Gasteiger partial charge is 0.264 e. The first-order valence-electron chi connectivity index (χ1n) is 13.0. The number of nitrogens with one attached hydrogen (secondary N) is 1. The fourth-order valence-electron chi connectivity index (χ4n) is 4.05. The Labute approximate surface area is 231 Å². The van der Waals surface area contributed by atoms with E-state index in [1.54, 1.807) is 56.3 Å². The standard InChI is InChI=1S/C30H37N3O5S/c1-6-38-28-15-11-10-14-27(28)33(39(36,37)26-12-8-7-9-13-26)21-29(34)32(24(5)30(35)31-22(2)3)20-25-18-16-23(4)17-19-25/h7-19,22,24H,6,20-21H2,1-5H3,(H,31,35). The minimum absolute atomic E-state index is 0.0415.